The first-order valence-electron chi connectivity index (χ1n) is 10.2. The smallest absolute Gasteiger partial charge is 0.257 e. The van der Waals surface area contributed by atoms with Crippen LogP contribution in [0, 0.1) is 13.8 Å². The van der Waals surface area contributed by atoms with Crippen LogP contribution in [-0.4, -0.2) is 48.3 Å². The Labute approximate surface area is 169 Å². The topological polar surface area (TPSA) is 91.9 Å². The number of aryl methyl sites for hydroxylation is 2. The van der Waals surface area contributed by atoms with Crippen molar-refractivity contribution in [1.29, 1.82) is 0 Å². The fourth-order valence-corrected chi connectivity index (χ4v) is 4.32. The van der Waals surface area contributed by atoms with Gasteiger partial charge in [-0.25, -0.2) is 9.67 Å². The lowest BCUT2D eigenvalue weighted by Gasteiger charge is -2.35. The van der Waals surface area contributed by atoms with E-state index in [0.717, 1.165) is 60.5 Å². The van der Waals surface area contributed by atoms with Gasteiger partial charge in [0.2, 0.25) is 5.95 Å². The number of rotatable bonds is 1. The predicted molar refractivity (Wildman–Crippen MR) is 109 cm³/mol. The summed E-state index contributed by atoms with van der Waals surface area (Å²) >= 11 is 0. The van der Waals surface area contributed by atoms with E-state index < -0.39 is 0 Å². The summed E-state index contributed by atoms with van der Waals surface area (Å²) < 4.78 is 16.0. The zero-order valence-electron chi connectivity index (χ0n) is 17.4. The highest BCUT2D eigenvalue weighted by Gasteiger charge is 2.32. The largest absolute Gasteiger partial charge is 0.475 e. The van der Waals surface area contributed by atoms with Crippen molar-refractivity contribution in [3.8, 4) is 5.88 Å². The Bertz CT molecular complexity index is 1070. The molecule has 2 aliphatic heterocycles. The van der Waals surface area contributed by atoms with Gasteiger partial charge in [-0.3, -0.25) is 4.68 Å². The Morgan fingerprint density at radius 2 is 2.07 bits per heavy atom. The molecule has 2 bridgehead atoms. The van der Waals surface area contributed by atoms with Crippen LogP contribution in [0.5, 0.6) is 5.88 Å². The number of aromatic nitrogens is 6. The van der Waals surface area contributed by atoms with E-state index in [9.17, 15) is 0 Å². The first-order valence-corrected chi connectivity index (χ1v) is 10.2. The van der Waals surface area contributed by atoms with Gasteiger partial charge in [0.1, 0.15) is 5.69 Å². The molecule has 1 N–H and O–H groups in total. The second-order valence-corrected chi connectivity index (χ2v) is 8.53. The molecule has 3 aromatic rings. The van der Waals surface area contributed by atoms with E-state index in [1.165, 1.54) is 0 Å². The second-order valence-electron chi connectivity index (χ2n) is 8.53. The number of fused-ring (bicyclic) bond motifs is 2. The van der Waals surface area contributed by atoms with Gasteiger partial charge in [-0.15, -0.1) is 5.10 Å². The van der Waals surface area contributed by atoms with E-state index in [0.29, 0.717) is 18.4 Å². The molecule has 9 heteroatoms. The molecule has 0 unspecified atom stereocenters. The minimum absolute atomic E-state index is 0.152. The van der Waals surface area contributed by atoms with E-state index in [-0.39, 0.29) is 11.6 Å². The van der Waals surface area contributed by atoms with Gasteiger partial charge >= 0.3 is 0 Å². The molecule has 154 valence electrons. The van der Waals surface area contributed by atoms with Crippen molar-refractivity contribution in [1.82, 2.24) is 29.5 Å². The molecule has 0 amide bonds. The molecule has 0 radical (unpaired) electrons. The van der Waals surface area contributed by atoms with E-state index in [1.807, 2.05) is 17.8 Å². The molecule has 1 atom stereocenters. The molecule has 0 aliphatic carbocycles. The maximum atomic E-state index is 6.08. The molecule has 1 fully saturated rings. The van der Waals surface area contributed by atoms with Crippen molar-refractivity contribution >= 4 is 22.7 Å². The maximum absolute atomic E-state index is 6.08. The highest BCUT2D eigenvalue weighted by atomic mass is 16.5. The zero-order valence-corrected chi connectivity index (χ0v) is 17.4. The SMILES string of the molecule is Cc1nn2c3nc(ncc13)Nc1c(nn([C@H]3CCOC(C)(C)C3)c1C)OCCC2. The third kappa shape index (κ3) is 3.23. The molecule has 9 nitrogen and oxygen atoms in total. The van der Waals surface area contributed by atoms with Crippen molar-refractivity contribution in [3.05, 3.63) is 17.6 Å². The van der Waals surface area contributed by atoms with Crippen LogP contribution in [0.4, 0.5) is 11.6 Å². The van der Waals surface area contributed by atoms with E-state index >= 15 is 0 Å². The fraction of sp³-hybridized carbons (Fsp3) is 0.600. The lowest BCUT2D eigenvalue weighted by atomic mass is 9.94. The van der Waals surface area contributed by atoms with Crippen LogP contribution in [0.2, 0.25) is 0 Å². The van der Waals surface area contributed by atoms with Gasteiger partial charge in [-0.05, 0) is 40.5 Å². The molecule has 0 spiro atoms. The summed E-state index contributed by atoms with van der Waals surface area (Å²) in [4.78, 5) is 9.23. The van der Waals surface area contributed by atoms with E-state index in [1.54, 1.807) is 0 Å². The van der Waals surface area contributed by atoms with Gasteiger partial charge in [0, 0.05) is 25.8 Å². The highest BCUT2D eigenvalue weighted by Crippen LogP contribution is 2.37. The third-order valence-electron chi connectivity index (χ3n) is 5.80. The number of ether oxygens (including phenoxy) is 2. The highest BCUT2D eigenvalue weighted by molar-refractivity contribution is 5.79. The third-order valence-corrected chi connectivity index (χ3v) is 5.80. The summed E-state index contributed by atoms with van der Waals surface area (Å²) in [5.74, 6) is 1.13. The molecule has 3 aromatic heterocycles. The van der Waals surface area contributed by atoms with Crippen molar-refractivity contribution < 1.29 is 9.47 Å². The average Bonchev–Trinajstić information content (AvgIpc) is 3.15. The van der Waals surface area contributed by atoms with Gasteiger partial charge in [0.15, 0.2) is 5.65 Å². The molecule has 5 heterocycles. The monoisotopic (exact) mass is 397 g/mol. The lowest BCUT2D eigenvalue weighted by molar-refractivity contribution is -0.0711. The first-order chi connectivity index (χ1) is 13.9. The minimum Gasteiger partial charge on any atom is -0.475 e. The summed E-state index contributed by atoms with van der Waals surface area (Å²) in [7, 11) is 0. The molecular weight excluding hydrogens is 370 g/mol. The molecule has 5 rings (SSSR count). The van der Waals surface area contributed by atoms with Crippen LogP contribution in [0.15, 0.2) is 6.20 Å². The predicted octanol–water partition coefficient (Wildman–Crippen LogP) is 3.30. The van der Waals surface area contributed by atoms with Crippen LogP contribution in [-0.2, 0) is 11.3 Å². The summed E-state index contributed by atoms with van der Waals surface area (Å²) in [5, 5.41) is 13.8. The maximum Gasteiger partial charge on any atom is 0.257 e. The summed E-state index contributed by atoms with van der Waals surface area (Å²) in [6.07, 6.45) is 4.51. The van der Waals surface area contributed by atoms with Gasteiger partial charge < -0.3 is 14.8 Å². The molecule has 0 saturated carbocycles. The number of nitrogens with one attached hydrogen (secondary N) is 1. The van der Waals surface area contributed by atoms with Gasteiger partial charge in [-0.2, -0.15) is 10.1 Å². The summed E-state index contributed by atoms with van der Waals surface area (Å²) in [6, 6.07) is 0.275. The molecule has 2 aliphatic rings. The van der Waals surface area contributed by atoms with Crippen LogP contribution in [0.3, 0.4) is 0 Å². The van der Waals surface area contributed by atoms with Crippen LogP contribution in [0.25, 0.3) is 11.0 Å². The van der Waals surface area contributed by atoms with Crippen molar-refractivity contribution in [2.75, 3.05) is 18.5 Å². The van der Waals surface area contributed by atoms with Crippen molar-refractivity contribution in [2.24, 2.45) is 0 Å². The van der Waals surface area contributed by atoms with Crippen LogP contribution in [0.1, 0.15) is 50.5 Å². The Morgan fingerprint density at radius 3 is 2.90 bits per heavy atom. The minimum atomic E-state index is -0.152. The summed E-state index contributed by atoms with van der Waals surface area (Å²) in [6.45, 7) is 10.4. The van der Waals surface area contributed by atoms with Gasteiger partial charge in [0.25, 0.3) is 5.88 Å². The quantitative estimate of drug-likeness (QED) is 0.673. The number of hydrogen-bond donors (Lipinski definition) is 1. The normalized spacial score (nSPS) is 21.3. The number of nitrogens with zero attached hydrogens (tertiary/aromatic N) is 6. The Hall–Kier alpha value is -2.68. The fourth-order valence-electron chi connectivity index (χ4n) is 4.32. The first kappa shape index (κ1) is 18.4. The lowest BCUT2D eigenvalue weighted by Crippen LogP contribution is -2.35. The second kappa shape index (κ2) is 6.69. The number of anilines is 2. The standard InChI is InChI=1S/C20H27N7O2/c1-12-15-11-21-19-22-16-13(2)27(14-6-9-29-20(3,4)10-14)25-18(16)28-8-5-7-26(24-12)17(15)23-19/h11,14H,5-10H2,1-4H3,(H,21,22,23)/t14-/m0/s1. The Morgan fingerprint density at radius 1 is 1.21 bits per heavy atom. The molecule has 29 heavy (non-hydrogen) atoms. The molecule has 0 aromatic carbocycles. The van der Waals surface area contributed by atoms with Gasteiger partial charge in [-0.1, -0.05) is 0 Å². The Kier molecular flexibility index (Phi) is 4.23. The van der Waals surface area contributed by atoms with E-state index in [4.69, 9.17) is 19.6 Å². The van der Waals surface area contributed by atoms with Crippen LogP contribution < -0.4 is 10.1 Å². The molecular formula is C20H27N7O2. The zero-order chi connectivity index (χ0) is 20.2. The van der Waals surface area contributed by atoms with Crippen molar-refractivity contribution in [3.63, 3.8) is 0 Å². The van der Waals surface area contributed by atoms with Gasteiger partial charge in [0.05, 0.1) is 35.0 Å². The van der Waals surface area contributed by atoms with Crippen LogP contribution >= 0.6 is 0 Å². The van der Waals surface area contributed by atoms with E-state index in [2.05, 4.69) is 40.9 Å². The number of hydrogen-bond acceptors (Lipinski definition) is 7. The summed E-state index contributed by atoms with van der Waals surface area (Å²) in [5.41, 5.74) is 3.49. The Balaban J connectivity index is 1.55. The molecule has 1 saturated heterocycles. The van der Waals surface area contributed by atoms with Crippen molar-refractivity contribution in [2.45, 2.75) is 65.1 Å². The average molecular weight is 397 g/mol.